The Kier molecular flexibility index (Phi) is 9.17. The van der Waals surface area contributed by atoms with Crippen LogP contribution in [-0.2, 0) is 17.5 Å². The summed E-state index contributed by atoms with van der Waals surface area (Å²) in [6.07, 6.45) is -1.17. The number of guanidine groups is 1. The number of halogens is 4. The molecule has 1 aromatic rings. The first-order chi connectivity index (χ1) is 11.9. The molecule has 1 heterocycles. The number of nitrogens with one attached hydrogen (secondary N) is 2. The van der Waals surface area contributed by atoms with Gasteiger partial charge in [0, 0.05) is 26.7 Å². The fourth-order valence-corrected chi connectivity index (χ4v) is 2.68. The van der Waals surface area contributed by atoms with E-state index in [0.29, 0.717) is 11.5 Å². The van der Waals surface area contributed by atoms with Crippen molar-refractivity contribution in [1.82, 2.24) is 15.5 Å². The van der Waals surface area contributed by atoms with Gasteiger partial charge in [-0.05, 0) is 37.0 Å². The van der Waals surface area contributed by atoms with E-state index in [1.807, 2.05) is 4.90 Å². The number of hydrogen-bond acceptors (Lipinski definition) is 2. The van der Waals surface area contributed by atoms with Gasteiger partial charge in [-0.1, -0.05) is 12.1 Å². The summed E-state index contributed by atoms with van der Waals surface area (Å²) in [5.41, 5.74) is -0.199. The van der Waals surface area contributed by atoms with Crippen LogP contribution in [0.3, 0.4) is 0 Å². The summed E-state index contributed by atoms with van der Waals surface area (Å²) in [6, 6.07) is 5.11. The third-order valence-corrected chi connectivity index (χ3v) is 4.05. The molecule has 0 saturated carbocycles. The fourth-order valence-electron chi connectivity index (χ4n) is 2.68. The van der Waals surface area contributed by atoms with Crippen LogP contribution in [0.25, 0.3) is 0 Å². The van der Waals surface area contributed by atoms with Gasteiger partial charge in [-0.3, -0.25) is 9.79 Å². The molecule has 0 atom stereocenters. The van der Waals surface area contributed by atoms with Gasteiger partial charge in [0.05, 0.1) is 12.1 Å². The summed E-state index contributed by atoms with van der Waals surface area (Å²) in [6.45, 7) is 1.84. The molecule has 1 aromatic carbocycles. The average Bonchev–Trinajstić information content (AvgIpc) is 2.62. The van der Waals surface area contributed by atoms with Crippen LogP contribution in [-0.4, -0.2) is 43.4 Å². The molecule has 1 fully saturated rings. The zero-order valence-corrected chi connectivity index (χ0v) is 16.9. The number of aliphatic imine (C=N–C) groups is 1. The Morgan fingerprint density at radius 2 is 1.88 bits per heavy atom. The minimum absolute atomic E-state index is 0. The summed E-state index contributed by atoms with van der Waals surface area (Å²) in [5, 5.41) is 5.83. The summed E-state index contributed by atoms with van der Waals surface area (Å²) in [7, 11) is 1.55. The normalized spacial score (nSPS) is 15.2. The van der Waals surface area contributed by atoms with Gasteiger partial charge in [0.1, 0.15) is 0 Å². The van der Waals surface area contributed by atoms with Crippen LogP contribution in [0.2, 0.25) is 0 Å². The zero-order valence-electron chi connectivity index (χ0n) is 14.6. The minimum atomic E-state index is -4.36. The Morgan fingerprint density at radius 3 is 2.50 bits per heavy atom. The highest BCUT2D eigenvalue weighted by atomic mass is 127. The van der Waals surface area contributed by atoms with Crippen LogP contribution in [0.1, 0.15) is 30.4 Å². The maximum Gasteiger partial charge on any atom is 0.416 e. The fraction of sp³-hybridized carbons (Fsp3) is 0.529. The first-order valence-corrected chi connectivity index (χ1v) is 8.28. The van der Waals surface area contributed by atoms with E-state index in [4.69, 9.17) is 0 Å². The van der Waals surface area contributed by atoms with E-state index in [0.717, 1.165) is 44.5 Å². The van der Waals surface area contributed by atoms with Crippen molar-refractivity contribution >= 4 is 35.8 Å². The lowest BCUT2D eigenvalue weighted by atomic mass is 10.1. The van der Waals surface area contributed by atoms with Gasteiger partial charge in [-0.15, -0.1) is 24.0 Å². The number of likely N-dealkylation sites (tertiary alicyclic amines) is 1. The van der Waals surface area contributed by atoms with Crippen molar-refractivity contribution in [2.45, 2.75) is 32.0 Å². The van der Waals surface area contributed by atoms with E-state index in [1.165, 1.54) is 6.07 Å². The van der Waals surface area contributed by atoms with Crippen molar-refractivity contribution in [3.05, 3.63) is 35.4 Å². The number of carbonyl (C=O) groups excluding carboxylic acids is 1. The number of benzene rings is 1. The molecule has 0 unspecified atom stereocenters. The van der Waals surface area contributed by atoms with Gasteiger partial charge < -0.3 is 15.5 Å². The molecule has 1 amide bonds. The Hall–Kier alpha value is -1.52. The minimum Gasteiger partial charge on any atom is -0.352 e. The number of amides is 1. The van der Waals surface area contributed by atoms with Crippen LogP contribution < -0.4 is 10.6 Å². The third-order valence-electron chi connectivity index (χ3n) is 4.05. The first kappa shape index (κ1) is 22.5. The van der Waals surface area contributed by atoms with Crippen molar-refractivity contribution in [2.24, 2.45) is 4.99 Å². The second kappa shape index (κ2) is 10.6. The zero-order chi connectivity index (χ0) is 18.3. The van der Waals surface area contributed by atoms with Crippen LogP contribution >= 0.6 is 24.0 Å². The maximum atomic E-state index is 12.7. The SMILES string of the molecule is CN=C(NCC(=O)N1CCCCC1)NCc1cccc(C(F)(F)F)c1.I. The number of carbonyl (C=O) groups is 1. The molecular formula is C17H24F3IN4O. The lowest BCUT2D eigenvalue weighted by molar-refractivity contribution is -0.137. The number of hydrogen-bond donors (Lipinski definition) is 2. The van der Waals surface area contributed by atoms with Crippen LogP contribution in [0.4, 0.5) is 13.2 Å². The second-order valence-corrected chi connectivity index (χ2v) is 5.92. The van der Waals surface area contributed by atoms with E-state index in [2.05, 4.69) is 15.6 Å². The Labute approximate surface area is 168 Å². The van der Waals surface area contributed by atoms with Gasteiger partial charge in [0.15, 0.2) is 5.96 Å². The monoisotopic (exact) mass is 484 g/mol. The van der Waals surface area contributed by atoms with Gasteiger partial charge in [0.25, 0.3) is 0 Å². The highest BCUT2D eigenvalue weighted by Gasteiger charge is 2.30. The summed E-state index contributed by atoms with van der Waals surface area (Å²) in [5.74, 6) is 0.379. The molecule has 5 nitrogen and oxygen atoms in total. The largest absolute Gasteiger partial charge is 0.416 e. The molecule has 2 N–H and O–H groups in total. The van der Waals surface area contributed by atoms with Gasteiger partial charge in [0.2, 0.25) is 5.91 Å². The maximum absolute atomic E-state index is 12.7. The molecule has 9 heteroatoms. The Morgan fingerprint density at radius 1 is 1.19 bits per heavy atom. The van der Waals surface area contributed by atoms with E-state index in [-0.39, 0.29) is 43.0 Å². The predicted molar refractivity (Wildman–Crippen MR) is 105 cm³/mol. The number of piperidine rings is 1. The molecule has 0 aliphatic carbocycles. The predicted octanol–water partition coefficient (Wildman–Crippen LogP) is 3.00. The molecule has 1 aliphatic rings. The number of nitrogens with zero attached hydrogens (tertiary/aromatic N) is 2. The highest BCUT2D eigenvalue weighted by molar-refractivity contribution is 14.0. The Bertz CT molecular complexity index is 616. The van der Waals surface area contributed by atoms with E-state index < -0.39 is 11.7 Å². The van der Waals surface area contributed by atoms with E-state index >= 15 is 0 Å². The standard InChI is InChI=1S/C17H23F3N4O.HI/c1-21-16(23-12-15(25)24-8-3-2-4-9-24)22-11-13-6-5-7-14(10-13)17(18,19)20;/h5-7,10H,2-4,8-9,11-12H2,1H3,(H2,21,22,23);1H. The first-order valence-electron chi connectivity index (χ1n) is 8.28. The smallest absolute Gasteiger partial charge is 0.352 e. The Balaban J connectivity index is 0.00000338. The average molecular weight is 484 g/mol. The highest BCUT2D eigenvalue weighted by Crippen LogP contribution is 2.29. The van der Waals surface area contributed by atoms with Crippen molar-refractivity contribution in [1.29, 1.82) is 0 Å². The summed E-state index contributed by atoms with van der Waals surface area (Å²) >= 11 is 0. The van der Waals surface area contributed by atoms with Crippen molar-refractivity contribution in [3.63, 3.8) is 0 Å². The van der Waals surface area contributed by atoms with Gasteiger partial charge in [-0.25, -0.2) is 0 Å². The molecule has 26 heavy (non-hydrogen) atoms. The van der Waals surface area contributed by atoms with Crippen molar-refractivity contribution < 1.29 is 18.0 Å². The molecule has 146 valence electrons. The van der Waals surface area contributed by atoms with Crippen LogP contribution in [0, 0.1) is 0 Å². The number of rotatable bonds is 4. The van der Waals surface area contributed by atoms with E-state index in [1.54, 1.807) is 13.1 Å². The van der Waals surface area contributed by atoms with E-state index in [9.17, 15) is 18.0 Å². The summed E-state index contributed by atoms with van der Waals surface area (Å²) < 4.78 is 38.2. The van der Waals surface area contributed by atoms with Crippen molar-refractivity contribution in [2.75, 3.05) is 26.7 Å². The number of alkyl halides is 3. The molecule has 1 saturated heterocycles. The molecule has 0 radical (unpaired) electrons. The second-order valence-electron chi connectivity index (χ2n) is 5.92. The molecule has 0 spiro atoms. The van der Waals surface area contributed by atoms with Crippen molar-refractivity contribution in [3.8, 4) is 0 Å². The molecule has 2 rings (SSSR count). The molecule has 0 aromatic heterocycles. The lowest BCUT2D eigenvalue weighted by Crippen LogP contribution is -2.45. The lowest BCUT2D eigenvalue weighted by Gasteiger charge is -2.27. The third kappa shape index (κ3) is 7.00. The summed E-state index contributed by atoms with van der Waals surface area (Å²) in [4.78, 5) is 17.9. The molecule has 0 bridgehead atoms. The van der Waals surface area contributed by atoms with Crippen LogP contribution in [0.15, 0.2) is 29.3 Å². The van der Waals surface area contributed by atoms with Gasteiger partial charge in [-0.2, -0.15) is 13.2 Å². The van der Waals surface area contributed by atoms with Crippen LogP contribution in [0.5, 0.6) is 0 Å². The molecular weight excluding hydrogens is 460 g/mol. The molecule has 1 aliphatic heterocycles. The quantitative estimate of drug-likeness (QED) is 0.393. The van der Waals surface area contributed by atoms with Gasteiger partial charge >= 0.3 is 6.18 Å². The topological polar surface area (TPSA) is 56.7 Å².